The number of hydrogen-bond acceptors (Lipinski definition) is 5. The van der Waals surface area contributed by atoms with E-state index in [1.54, 1.807) is 34.6 Å². The minimum absolute atomic E-state index is 0.0151. The summed E-state index contributed by atoms with van der Waals surface area (Å²) in [6.07, 6.45) is 1.56. The van der Waals surface area contributed by atoms with E-state index in [0.29, 0.717) is 21.7 Å². The van der Waals surface area contributed by atoms with Crippen molar-refractivity contribution in [1.82, 2.24) is 14.3 Å². The molecule has 0 fully saturated rings. The molecule has 0 aliphatic carbocycles. The van der Waals surface area contributed by atoms with Gasteiger partial charge in [-0.3, -0.25) is 19.6 Å². The van der Waals surface area contributed by atoms with Crippen LogP contribution in [0, 0.1) is 10.1 Å². The molecule has 9 heteroatoms. The summed E-state index contributed by atoms with van der Waals surface area (Å²) in [5.74, 6) is -0.388. The lowest BCUT2D eigenvalue weighted by atomic mass is 10.3. The molecule has 0 atom stereocenters. The normalized spacial score (nSPS) is 12.0. The number of nitro benzene ring substituents is 1. The molecule has 1 aromatic carbocycles. The minimum atomic E-state index is -0.444. The highest BCUT2D eigenvalue weighted by Crippen LogP contribution is 2.22. The Morgan fingerprint density at radius 1 is 1.43 bits per heavy atom. The molecule has 3 rings (SSSR count). The van der Waals surface area contributed by atoms with Gasteiger partial charge in [0.25, 0.3) is 11.6 Å². The average Bonchev–Trinajstić information content (AvgIpc) is 3.12. The summed E-state index contributed by atoms with van der Waals surface area (Å²) in [5.41, 5.74) is 1.22. The lowest BCUT2D eigenvalue weighted by molar-refractivity contribution is -0.384. The largest absolute Gasteiger partial charge is 0.319 e. The maximum Gasteiger partial charge on any atom is 0.297 e. The van der Waals surface area contributed by atoms with Crippen LogP contribution in [0.5, 0.6) is 0 Å². The number of amides is 1. The molecule has 2 heterocycles. The van der Waals surface area contributed by atoms with Gasteiger partial charge in [-0.1, -0.05) is 11.3 Å². The molecule has 8 nitrogen and oxygen atoms in total. The van der Waals surface area contributed by atoms with Gasteiger partial charge < -0.3 is 4.57 Å². The molecule has 1 amide bonds. The number of nitrogens with zero attached hydrogens (tertiary/aromatic N) is 5. The second-order valence-corrected chi connectivity index (χ2v) is 5.81. The third-order valence-electron chi connectivity index (χ3n) is 3.44. The second kappa shape index (κ2) is 5.76. The predicted octanol–water partition coefficient (Wildman–Crippen LogP) is 2.11. The van der Waals surface area contributed by atoms with E-state index in [0.717, 1.165) is 5.52 Å². The van der Waals surface area contributed by atoms with Crippen molar-refractivity contribution in [3.63, 3.8) is 0 Å². The zero-order valence-electron chi connectivity index (χ0n) is 12.5. The van der Waals surface area contributed by atoms with Gasteiger partial charge in [0.15, 0.2) is 4.80 Å². The van der Waals surface area contributed by atoms with Gasteiger partial charge in [-0.15, -0.1) is 0 Å². The Kier molecular flexibility index (Phi) is 3.78. The van der Waals surface area contributed by atoms with Crippen LogP contribution in [0.25, 0.3) is 10.2 Å². The number of aryl methyl sites for hydroxylation is 2. The fourth-order valence-electron chi connectivity index (χ4n) is 2.25. The number of fused-ring (bicyclic) bond motifs is 1. The Bertz CT molecular complexity index is 982. The van der Waals surface area contributed by atoms with Crippen molar-refractivity contribution in [1.29, 1.82) is 0 Å². The maximum atomic E-state index is 12.3. The molecular formula is C14H13N5O3S. The predicted molar refractivity (Wildman–Crippen MR) is 85.2 cm³/mol. The van der Waals surface area contributed by atoms with Crippen molar-refractivity contribution in [3.8, 4) is 0 Å². The van der Waals surface area contributed by atoms with Crippen LogP contribution in [0.2, 0.25) is 0 Å². The lowest BCUT2D eigenvalue weighted by Gasteiger charge is -1.99. The molecule has 0 spiro atoms. The Balaban J connectivity index is 2.10. The Hall–Kier alpha value is -2.81. The minimum Gasteiger partial charge on any atom is -0.319 e. The van der Waals surface area contributed by atoms with Gasteiger partial charge in [-0.25, -0.2) is 0 Å². The van der Waals surface area contributed by atoms with Crippen LogP contribution in [0.3, 0.4) is 0 Å². The Morgan fingerprint density at radius 3 is 2.91 bits per heavy atom. The molecule has 23 heavy (non-hydrogen) atoms. The van der Waals surface area contributed by atoms with Gasteiger partial charge in [-0.2, -0.15) is 10.1 Å². The SMILES string of the molecule is CCn1nccc1C(=O)N=c1sc2cc([N+](=O)[O-])ccc2n1C. The van der Waals surface area contributed by atoms with Gasteiger partial charge in [0.1, 0.15) is 5.69 Å². The van der Waals surface area contributed by atoms with Crippen molar-refractivity contribution < 1.29 is 9.72 Å². The summed E-state index contributed by atoms with van der Waals surface area (Å²) in [6.45, 7) is 2.47. The first-order chi connectivity index (χ1) is 11.0. The van der Waals surface area contributed by atoms with E-state index >= 15 is 0 Å². The molecule has 0 aliphatic heterocycles. The van der Waals surface area contributed by atoms with E-state index in [4.69, 9.17) is 0 Å². The van der Waals surface area contributed by atoms with Crippen LogP contribution in [0.1, 0.15) is 17.4 Å². The first kappa shape index (κ1) is 15.1. The number of nitro groups is 1. The molecule has 0 bridgehead atoms. The fraction of sp³-hybridized carbons (Fsp3) is 0.214. The van der Waals surface area contributed by atoms with Crippen LogP contribution >= 0.6 is 11.3 Å². The summed E-state index contributed by atoms with van der Waals surface area (Å²) in [5, 5.41) is 14.9. The highest BCUT2D eigenvalue weighted by Gasteiger charge is 2.13. The quantitative estimate of drug-likeness (QED) is 0.542. The van der Waals surface area contributed by atoms with Crippen LogP contribution < -0.4 is 4.80 Å². The van der Waals surface area contributed by atoms with Crippen LogP contribution in [0.4, 0.5) is 5.69 Å². The highest BCUT2D eigenvalue weighted by molar-refractivity contribution is 7.16. The molecule has 3 aromatic rings. The summed E-state index contributed by atoms with van der Waals surface area (Å²) in [4.78, 5) is 27.3. The number of hydrogen-bond donors (Lipinski definition) is 0. The van der Waals surface area contributed by atoms with E-state index in [-0.39, 0.29) is 11.6 Å². The van der Waals surface area contributed by atoms with Crippen molar-refractivity contribution in [2.75, 3.05) is 0 Å². The summed E-state index contributed by atoms with van der Waals surface area (Å²) < 4.78 is 4.02. The zero-order valence-corrected chi connectivity index (χ0v) is 13.3. The summed E-state index contributed by atoms with van der Waals surface area (Å²) >= 11 is 1.24. The topological polar surface area (TPSA) is 95.3 Å². The van der Waals surface area contributed by atoms with Crippen molar-refractivity contribution in [2.45, 2.75) is 13.5 Å². The number of carbonyl (C=O) groups excluding carboxylic acids is 1. The zero-order chi connectivity index (χ0) is 16.6. The molecule has 2 aromatic heterocycles. The van der Waals surface area contributed by atoms with E-state index < -0.39 is 4.92 Å². The van der Waals surface area contributed by atoms with E-state index in [9.17, 15) is 14.9 Å². The number of non-ortho nitro benzene ring substituents is 1. The van der Waals surface area contributed by atoms with Crippen molar-refractivity contribution in [3.05, 3.63) is 51.1 Å². The molecule has 118 valence electrons. The average molecular weight is 331 g/mol. The number of benzene rings is 1. The lowest BCUT2D eigenvalue weighted by Crippen LogP contribution is -2.15. The summed E-state index contributed by atoms with van der Waals surface area (Å²) in [6, 6.07) is 6.20. The van der Waals surface area contributed by atoms with Gasteiger partial charge in [-0.05, 0) is 19.1 Å². The van der Waals surface area contributed by atoms with Crippen LogP contribution in [-0.2, 0) is 13.6 Å². The van der Waals surface area contributed by atoms with Gasteiger partial charge in [0, 0.05) is 31.9 Å². The van der Waals surface area contributed by atoms with Crippen LogP contribution in [-0.4, -0.2) is 25.2 Å². The monoisotopic (exact) mass is 331 g/mol. The van der Waals surface area contributed by atoms with Gasteiger partial charge in [0.2, 0.25) is 0 Å². The van der Waals surface area contributed by atoms with E-state index in [1.807, 2.05) is 6.92 Å². The third kappa shape index (κ3) is 2.66. The van der Waals surface area contributed by atoms with Gasteiger partial charge in [0.05, 0.1) is 15.1 Å². The highest BCUT2D eigenvalue weighted by atomic mass is 32.1. The van der Waals surface area contributed by atoms with Crippen LogP contribution in [0.15, 0.2) is 35.5 Å². The Labute approximate surface area is 134 Å². The standard InChI is InChI=1S/C14H13N5O3S/c1-3-18-11(6-7-15-18)13(20)16-14-17(2)10-5-4-9(19(21)22)8-12(10)23-14/h4-8H,3H2,1-2H3. The van der Waals surface area contributed by atoms with E-state index in [1.165, 1.54) is 23.5 Å². The van der Waals surface area contributed by atoms with Crippen molar-refractivity contribution >= 4 is 33.1 Å². The molecular weight excluding hydrogens is 318 g/mol. The van der Waals surface area contributed by atoms with E-state index in [2.05, 4.69) is 10.1 Å². The number of carbonyl (C=O) groups is 1. The first-order valence-corrected chi connectivity index (χ1v) is 7.67. The molecule has 0 saturated heterocycles. The third-order valence-corrected chi connectivity index (χ3v) is 4.53. The number of thiazole rings is 1. The van der Waals surface area contributed by atoms with Gasteiger partial charge >= 0.3 is 0 Å². The summed E-state index contributed by atoms with van der Waals surface area (Å²) in [7, 11) is 1.77. The number of aromatic nitrogens is 3. The molecule has 0 N–H and O–H groups in total. The number of rotatable bonds is 3. The fourth-order valence-corrected chi connectivity index (χ4v) is 3.30. The molecule has 0 radical (unpaired) electrons. The Morgan fingerprint density at radius 2 is 2.22 bits per heavy atom. The smallest absolute Gasteiger partial charge is 0.297 e. The molecule has 0 unspecified atom stereocenters. The molecule has 0 aliphatic rings. The van der Waals surface area contributed by atoms with Crippen molar-refractivity contribution in [2.24, 2.45) is 12.0 Å². The second-order valence-electron chi connectivity index (χ2n) is 4.80. The first-order valence-electron chi connectivity index (χ1n) is 6.86. The molecule has 0 saturated carbocycles. The maximum absolute atomic E-state index is 12.3.